The highest BCUT2D eigenvalue weighted by atomic mass is 32.1. The van der Waals surface area contributed by atoms with Crippen LogP contribution in [-0.4, -0.2) is 78.0 Å². The SMILES string of the molecule is Cc1cc(N(CCOCCOCCOCCOCCOC(=O)c2ccccc2C)C(C)C)ccc1/N=N/c1sc(C#N)c(C)c1C#N. The predicted octanol–water partition coefficient (Wildman–Crippen LogP) is 6.97. The molecule has 0 saturated carbocycles. The highest BCUT2D eigenvalue weighted by Gasteiger charge is 2.15. The number of nitriles is 2. The van der Waals surface area contributed by atoms with Gasteiger partial charge in [0.2, 0.25) is 0 Å². The van der Waals surface area contributed by atoms with Gasteiger partial charge in [-0.05, 0) is 75.6 Å². The summed E-state index contributed by atoms with van der Waals surface area (Å²) in [5.41, 5.74) is 5.19. The second kappa shape index (κ2) is 20.1. The van der Waals surface area contributed by atoms with E-state index in [1.807, 2.05) is 44.2 Å². The number of hydrogen-bond donors (Lipinski definition) is 0. The maximum absolute atomic E-state index is 12.1. The van der Waals surface area contributed by atoms with Crippen LogP contribution in [0.1, 0.15) is 51.3 Å². The molecule has 0 aliphatic rings. The van der Waals surface area contributed by atoms with Crippen LogP contribution in [0, 0.1) is 43.4 Å². The van der Waals surface area contributed by atoms with E-state index >= 15 is 0 Å². The third-order valence-corrected chi connectivity index (χ3v) is 8.22. The van der Waals surface area contributed by atoms with Crippen LogP contribution in [0.4, 0.5) is 16.4 Å². The van der Waals surface area contributed by atoms with E-state index in [9.17, 15) is 15.3 Å². The lowest BCUT2D eigenvalue weighted by atomic mass is 10.1. The fraction of sp³-hybridized carbons (Fsp3) is 0.457. The molecule has 0 aliphatic heterocycles. The van der Waals surface area contributed by atoms with E-state index in [-0.39, 0.29) is 18.6 Å². The number of anilines is 1. The number of thiophene rings is 1. The Bertz CT molecular complexity index is 1560. The van der Waals surface area contributed by atoms with Crippen LogP contribution in [-0.2, 0) is 23.7 Å². The van der Waals surface area contributed by atoms with Crippen molar-refractivity contribution in [2.45, 2.75) is 40.7 Å². The zero-order valence-electron chi connectivity index (χ0n) is 27.8. The fourth-order valence-electron chi connectivity index (χ4n) is 4.52. The number of benzene rings is 2. The summed E-state index contributed by atoms with van der Waals surface area (Å²) < 4.78 is 27.6. The lowest BCUT2D eigenvalue weighted by Gasteiger charge is -2.29. The van der Waals surface area contributed by atoms with Gasteiger partial charge in [0.15, 0.2) is 5.00 Å². The second-order valence-electron chi connectivity index (χ2n) is 10.8. The Morgan fingerprint density at radius 3 is 2.00 bits per heavy atom. The predicted molar refractivity (Wildman–Crippen MR) is 181 cm³/mol. The molecule has 250 valence electrons. The number of ether oxygens (including phenoxy) is 5. The topological polar surface area (TPSA) is 139 Å². The van der Waals surface area contributed by atoms with E-state index in [0.29, 0.717) is 91.7 Å². The van der Waals surface area contributed by atoms with Crippen molar-refractivity contribution in [3.05, 3.63) is 75.2 Å². The Morgan fingerprint density at radius 1 is 0.809 bits per heavy atom. The summed E-state index contributed by atoms with van der Waals surface area (Å²) in [5, 5.41) is 27.8. The molecule has 0 radical (unpaired) electrons. The van der Waals surface area contributed by atoms with Crippen molar-refractivity contribution < 1.29 is 28.5 Å². The molecule has 0 unspecified atom stereocenters. The molecule has 0 N–H and O–H groups in total. The molecule has 12 heteroatoms. The lowest BCUT2D eigenvalue weighted by molar-refractivity contribution is -0.00850. The van der Waals surface area contributed by atoms with Gasteiger partial charge in [0.05, 0.1) is 69.7 Å². The number of azo groups is 1. The quantitative estimate of drug-likeness (QED) is 0.0713. The van der Waals surface area contributed by atoms with Crippen LogP contribution in [0.3, 0.4) is 0 Å². The summed E-state index contributed by atoms with van der Waals surface area (Å²) in [4.78, 5) is 14.8. The molecule has 3 aromatic rings. The molecule has 47 heavy (non-hydrogen) atoms. The van der Waals surface area contributed by atoms with E-state index in [1.54, 1.807) is 13.0 Å². The summed E-state index contributed by atoms with van der Waals surface area (Å²) >= 11 is 1.17. The molecule has 0 saturated heterocycles. The number of rotatable bonds is 20. The average molecular weight is 662 g/mol. The minimum absolute atomic E-state index is 0.192. The maximum atomic E-state index is 12.1. The number of esters is 1. The van der Waals surface area contributed by atoms with Gasteiger partial charge < -0.3 is 28.6 Å². The smallest absolute Gasteiger partial charge is 0.338 e. The van der Waals surface area contributed by atoms with Crippen LogP contribution in [0.5, 0.6) is 0 Å². The van der Waals surface area contributed by atoms with Crippen molar-refractivity contribution >= 4 is 33.7 Å². The van der Waals surface area contributed by atoms with E-state index in [1.165, 1.54) is 11.3 Å². The highest BCUT2D eigenvalue weighted by Crippen LogP contribution is 2.36. The molecule has 0 bridgehead atoms. The van der Waals surface area contributed by atoms with Crippen LogP contribution >= 0.6 is 11.3 Å². The van der Waals surface area contributed by atoms with Crippen molar-refractivity contribution in [2.24, 2.45) is 10.2 Å². The third kappa shape index (κ3) is 11.9. The number of aryl methyl sites for hydroxylation is 2. The Balaban J connectivity index is 1.26. The summed E-state index contributed by atoms with van der Waals surface area (Å²) in [6, 6.07) is 17.8. The standard InChI is InChI=1S/C35H43N5O6S/c1-25(2)40(29-10-11-32(27(4)22-29)38-39-34-31(23-36)28(5)33(24-37)47-34)12-13-42-14-15-43-16-17-44-18-19-45-20-21-46-35(41)30-9-7-6-8-26(30)3/h6-11,22,25H,12-21H2,1-5H3/b39-38+. The summed E-state index contributed by atoms with van der Waals surface area (Å²) in [5.74, 6) is -0.345. The number of nitrogens with zero attached hydrogens (tertiary/aromatic N) is 5. The van der Waals surface area contributed by atoms with E-state index < -0.39 is 0 Å². The molecule has 0 amide bonds. The van der Waals surface area contributed by atoms with Gasteiger partial charge in [0, 0.05) is 18.3 Å². The molecule has 0 atom stereocenters. The van der Waals surface area contributed by atoms with Crippen LogP contribution in [0.15, 0.2) is 52.7 Å². The lowest BCUT2D eigenvalue weighted by Crippen LogP contribution is -2.34. The molecule has 0 fully saturated rings. The number of carbonyl (C=O) groups is 1. The summed E-state index contributed by atoms with van der Waals surface area (Å²) in [7, 11) is 0. The molecule has 11 nitrogen and oxygen atoms in total. The largest absolute Gasteiger partial charge is 0.460 e. The molecular formula is C35H43N5O6S. The van der Waals surface area contributed by atoms with Gasteiger partial charge in [-0.2, -0.15) is 10.5 Å². The first-order valence-electron chi connectivity index (χ1n) is 15.5. The number of carbonyl (C=O) groups excluding carboxylic acids is 1. The molecule has 0 aliphatic carbocycles. The third-order valence-electron chi connectivity index (χ3n) is 7.14. The van der Waals surface area contributed by atoms with Crippen molar-refractivity contribution in [2.75, 3.05) is 70.9 Å². The molecule has 2 aromatic carbocycles. The van der Waals surface area contributed by atoms with Crippen molar-refractivity contribution in [3.63, 3.8) is 0 Å². The summed E-state index contributed by atoms with van der Waals surface area (Å²) in [6.07, 6.45) is 0. The van der Waals surface area contributed by atoms with Gasteiger partial charge in [0.25, 0.3) is 0 Å². The molecular weight excluding hydrogens is 618 g/mol. The van der Waals surface area contributed by atoms with Gasteiger partial charge in [-0.15, -0.1) is 21.6 Å². The van der Waals surface area contributed by atoms with Crippen molar-refractivity contribution in [1.82, 2.24) is 0 Å². The monoisotopic (exact) mass is 661 g/mol. The first kappa shape index (κ1) is 37.3. The Kier molecular flexibility index (Phi) is 16.0. The van der Waals surface area contributed by atoms with E-state index in [0.717, 1.165) is 16.8 Å². The molecule has 0 spiro atoms. The van der Waals surface area contributed by atoms with Crippen LogP contribution in [0.2, 0.25) is 0 Å². The van der Waals surface area contributed by atoms with E-state index in [2.05, 4.69) is 47.2 Å². The first-order chi connectivity index (χ1) is 22.8. The molecule has 3 rings (SSSR count). The average Bonchev–Trinajstić information content (AvgIpc) is 3.37. The number of hydrogen-bond acceptors (Lipinski definition) is 12. The highest BCUT2D eigenvalue weighted by molar-refractivity contribution is 7.16. The van der Waals surface area contributed by atoms with Gasteiger partial charge in [0.1, 0.15) is 23.6 Å². The molecule has 1 heterocycles. The Morgan fingerprint density at radius 2 is 1.43 bits per heavy atom. The van der Waals surface area contributed by atoms with E-state index in [4.69, 9.17) is 23.7 Å². The normalized spacial score (nSPS) is 11.1. The van der Waals surface area contributed by atoms with Crippen LogP contribution < -0.4 is 4.90 Å². The van der Waals surface area contributed by atoms with Crippen molar-refractivity contribution in [1.29, 1.82) is 10.5 Å². The Labute approximate surface area is 281 Å². The second-order valence-corrected chi connectivity index (χ2v) is 11.8. The zero-order valence-corrected chi connectivity index (χ0v) is 28.6. The van der Waals surface area contributed by atoms with Gasteiger partial charge in [-0.1, -0.05) is 18.2 Å². The Hall–Kier alpha value is -4.17. The van der Waals surface area contributed by atoms with Crippen LogP contribution in [0.25, 0.3) is 0 Å². The fourth-order valence-corrected chi connectivity index (χ4v) is 5.40. The minimum Gasteiger partial charge on any atom is -0.460 e. The van der Waals surface area contributed by atoms with Gasteiger partial charge in [-0.25, -0.2) is 4.79 Å². The summed E-state index contributed by atoms with van der Waals surface area (Å²) in [6.45, 7) is 14.3. The van der Waals surface area contributed by atoms with Crippen molar-refractivity contribution in [3.8, 4) is 12.1 Å². The molecule has 1 aromatic heterocycles. The first-order valence-corrected chi connectivity index (χ1v) is 16.3. The minimum atomic E-state index is -0.345. The van der Waals surface area contributed by atoms with Gasteiger partial charge >= 0.3 is 5.97 Å². The zero-order chi connectivity index (χ0) is 34.0. The van der Waals surface area contributed by atoms with Gasteiger partial charge in [-0.3, -0.25) is 0 Å². The maximum Gasteiger partial charge on any atom is 0.338 e.